The van der Waals surface area contributed by atoms with Crippen LogP contribution in [-0.2, 0) is 4.79 Å². The normalized spacial score (nSPS) is 11.9. The Morgan fingerprint density at radius 1 is 1.38 bits per heavy atom. The van der Waals surface area contributed by atoms with E-state index < -0.39 is 23.0 Å². The minimum absolute atomic E-state index is 0.290. The molecule has 0 fully saturated rings. The van der Waals surface area contributed by atoms with Crippen LogP contribution in [0.15, 0.2) is 24.3 Å². The van der Waals surface area contributed by atoms with Gasteiger partial charge in [-0.3, -0.25) is 9.59 Å². The molecule has 0 aromatic heterocycles. The molecule has 0 aliphatic carbocycles. The smallest absolute Gasteiger partial charge is 0.251 e. The van der Waals surface area contributed by atoms with E-state index in [1.54, 1.807) is 6.92 Å². The topological polar surface area (TPSA) is 46.2 Å². The number of amides is 1. The van der Waals surface area contributed by atoms with Gasteiger partial charge in [0, 0.05) is 5.56 Å². The van der Waals surface area contributed by atoms with Crippen molar-refractivity contribution in [2.45, 2.75) is 19.4 Å². The van der Waals surface area contributed by atoms with Gasteiger partial charge in [-0.1, -0.05) is 6.92 Å². The first-order valence-electron chi connectivity index (χ1n) is 4.80. The molecule has 1 amide bonds. The molecule has 0 saturated heterocycles. The van der Waals surface area contributed by atoms with Crippen molar-refractivity contribution < 1.29 is 14.0 Å². The molecule has 5 heteroatoms. The predicted molar refractivity (Wildman–Crippen MR) is 58.8 cm³/mol. The van der Waals surface area contributed by atoms with E-state index in [2.05, 4.69) is 5.32 Å². The van der Waals surface area contributed by atoms with Crippen LogP contribution in [0.5, 0.6) is 0 Å². The second-order valence-corrected chi connectivity index (χ2v) is 3.62. The number of halogens is 2. The first kappa shape index (κ1) is 12.6. The molecule has 0 spiro atoms. The average Bonchev–Trinajstić information content (AvgIpc) is 2.26. The van der Waals surface area contributed by atoms with Gasteiger partial charge in [-0.25, -0.2) is 4.39 Å². The van der Waals surface area contributed by atoms with E-state index in [9.17, 15) is 14.0 Å². The quantitative estimate of drug-likeness (QED) is 0.824. The third-order valence-electron chi connectivity index (χ3n) is 2.09. The number of nitrogens with one attached hydrogen (secondary N) is 1. The Hall–Kier alpha value is -1.42. The lowest BCUT2D eigenvalue weighted by Crippen LogP contribution is -2.38. The van der Waals surface area contributed by atoms with E-state index in [-0.39, 0.29) is 5.56 Å². The number of rotatable bonds is 4. The Labute approximate surface area is 97.6 Å². The van der Waals surface area contributed by atoms with Crippen molar-refractivity contribution in [3.05, 3.63) is 35.6 Å². The lowest BCUT2D eigenvalue weighted by atomic mass is 10.2. The molecule has 1 aromatic rings. The fourth-order valence-electron chi connectivity index (χ4n) is 1.16. The summed E-state index contributed by atoms with van der Waals surface area (Å²) in [5.74, 6) is -0.863. The van der Waals surface area contributed by atoms with Crippen molar-refractivity contribution in [2.75, 3.05) is 0 Å². The number of hydrogen-bond acceptors (Lipinski definition) is 2. The van der Waals surface area contributed by atoms with E-state index in [0.717, 1.165) is 0 Å². The molecule has 1 atom stereocenters. The molecule has 1 aromatic carbocycles. The Bertz CT molecular complexity index is 391. The van der Waals surface area contributed by atoms with Gasteiger partial charge in [0.2, 0.25) is 5.24 Å². The minimum atomic E-state index is -0.709. The number of hydrogen-bond donors (Lipinski definition) is 1. The summed E-state index contributed by atoms with van der Waals surface area (Å²) in [5.41, 5.74) is 0.290. The SMILES string of the molecule is CCC(NC(=O)c1ccc(F)cc1)C(=O)Cl. The molecule has 0 aliphatic rings. The Balaban J connectivity index is 2.71. The number of benzene rings is 1. The molecule has 1 rings (SSSR count). The van der Waals surface area contributed by atoms with Crippen LogP contribution in [0.2, 0.25) is 0 Å². The van der Waals surface area contributed by atoms with E-state index in [1.165, 1.54) is 24.3 Å². The van der Waals surface area contributed by atoms with E-state index >= 15 is 0 Å². The van der Waals surface area contributed by atoms with Crippen molar-refractivity contribution in [3.63, 3.8) is 0 Å². The zero-order valence-corrected chi connectivity index (χ0v) is 9.42. The predicted octanol–water partition coefficient (Wildman–Crippen LogP) is 2.10. The molecule has 1 N–H and O–H groups in total. The highest BCUT2D eigenvalue weighted by Crippen LogP contribution is 2.04. The maximum Gasteiger partial charge on any atom is 0.251 e. The largest absolute Gasteiger partial charge is 0.341 e. The zero-order valence-electron chi connectivity index (χ0n) is 8.67. The van der Waals surface area contributed by atoms with Gasteiger partial charge in [0.15, 0.2) is 0 Å². The van der Waals surface area contributed by atoms with Crippen molar-refractivity contribution >= 4 is 22.8 Å². The summed E-state index contributed by atoms with van der Waals surface area (Å²) in [6.07, 6.45) is 0.412. The van der Waals surface area contributed by atoms with Crippen molar-refractivity contribution in [1.29, 1.82) is 0 Å². The molecule has 0 saturated carbocycles. The number of carbonyl (C=O) groups excluding carboxylic acids is 2. The van der Waals surface area contributed by atoms with Crippen LogP contribution in [0.1, 0.15) is 23.7 Å². The summed E-state index contributed by atoms with van der Waals surface area (Å²) in [5, 5.41) is 1.85. The number of carbonyl (C=O) groups is 2. The van der Waals surface area contributed by atoms with Crippen molar-refractivity contribution in [3.8, 4) is 0 Å². The first-order valence-corrected chi connectivity index (χ1v) is 5.18. The molecule has 0 aliphatic heterocycles. The second-order valence-electron chi connectivity index (χ2n) is 3.25. The zero-order chi connectivity index (χ0) is 12.1. The molecule has 16 heavy (non-hydrogen) atoms. The highest BCUT2D eigenvalue weighted by Gasteiger charge is 2.17. The summed E-state index contributed by atoms with van der Waals surface area (Å²) in [4.78, 5) is 22.5. The van der Waals surface area contributed by atoms with Gasteiger partial charge in [0.1, 0.15) is 11.9 Å². The monoisotopic (exact) mass is 243 g/mol. The Morgan fingerprint density at radius 3 is 2.38 bits per heavy atom. The van der Waals surface area contributed by atoms with Crippen LogP contribution in [-0.4, -0.2) is 17.2 Å². The third kappa shape index (κ3) is 3.31. The summed E-state index contributed by atoms with van der Waals surface area (Å²) < 4.78 is 12.6. The van der Waals surface area contributed by atoms with Crippen LogP contribution in [0.3, 0.4) is 0 Å². The molecule has 0 radical (unpaired) electrons. The van der Waals surface area contributed by atoms with Crippen LogP contribution in [0.25, 0.3) is 0 Å². The standard InChI is InChI=1S/C11H11ClFNO2/c1-2-9(10(12)15)14-11(16)7-3-5-8(13)6-4-7/h3-6,9H,2H2,1H3,(H,14,16). The van der Waals surface area contributed by atoms with Gasteiger partial charge in [-0.15, -0.1) is 0 Å². The summed E-state index contributed by atoms with van der Waals surface area (Å²) in [7, 11) is 0. The molecule has 0 heterocycles. The van der Waals surface area contributed by atoms with E-state index in [4.69, 9.17) is 11.6 Å². The van der Waals surface area contributed by atoms with Gasteiger partial charge in [-0.2, -0.15) is 0 Å². The highest BCUT2D eigenvalue weighted by molar-refractivity contribution is 6.64. The average molecular weight is 244 g/mol. The van der Waals surface area contributed by atoms with Crippen molar-refractivity contribution in [1.82, 2.24) is 5.32 Å². The van der Waals surface area contributed by atoms with Gasteiger partial charge < -0.3 is 5.32 Å². The van der Waals surface area contributed by atoms with E-state index in [0.29, 0.717) is 6.42 Å². The lowest BCUT2D eigenvalue weighted by Gasteiger charge is -2.12. The van der Waals surface area contributed by atoms with Gasteiger partial charge in [0.25, 0.3) is 5.91 Å². The molecule has 3 nitrogen and oxygen atoms in total. The van der Waals surface area contributed by atoms with Crippen molar-refractivity contribution in [2.24, 2.45) is 0 Å². The maximum atomic E-state index is 12.6. The van der Waals surface area contributed by atoms with Crippen LogP contribution < -0.4 is 5.32 Å². The minimum Gasteiger partial charge on any atom is -0.341 e. The van der Waals surface area contributed by atoms with Crippen LogP contribution in [0.4, 0.5) is 4.39 Å². The lowest BCUT2D eigenvalue weighted by molar-refractivity contribution is -0.113. The Kier molecular flexibility index (Phi) is 4.43. The fraction of sp³-hybridized carbons (Fsp3) is 0.273. The van der Waals surface area contributed by atoms with Gasteiger partial charge >= 0.3 is 0 Å². The van der Waals surface area contributed by atoms with Gasteiger partial charge in [0.05, 0.1) is 0 Å². The molecule has 0 bridgehead atoms. The summed E-state index contributed by atoms with van der Waals surface area (Å²) in [6, 6.07) is 4.34. The van der Waals surface area contributed by atoms with Gasteiger partial charge in [-0.05, 0) is 42.3 Å². The fourth-order valence-corrected chi connectivity index (χ4v) is 1.37. The maximum absolute atomic E-state index is 12.6. The van der Waals surface area contributed by atoms with Crippen LogP contribution >= 0.6 is 11.6 Å². The third-order valence-corrected chi connectivity index (χ3v) is 2.36. The van der Waals surface area contributed by atoms with Crippen LogP contribution in [0, 0.1) is 5.82 Å². The van der Waals surface area contributed by atoms with E-state index in [1.807, 2.05) is 0 Å². The first-order chi connectivity index (χ1) is 7.54. The molecular formula is C11H11ClFNO2. The second kappa shape index (κ2) is 5.61. The molecule has 86 valence electrons. The Morgan fingerprint density at radius 2 is 1.94 bits per heavy atom. The molecular weight excluding hydrogens is 233 g/mol. The molecule has 1 unspecified atom stereocenters. The summed E-state index contributed by atoms with van der Waals surface area (Å²) >= 11 is 5.29. The summed E-state index contributed by atoms with van der Waals surface area (Å²) in [6.45, 7) is 1.73. The highest BCUT2D eigenvalue weighted by atomic mass is 35.5.